The highest BCUT2D eigenvalue weighted by Crippen LogP contribution is 2.29. The molecular weight excluding hydrogens is 450 g/mol. The smallest absolute Gasteiger partial charge is 0.328 e. The lowest BCUT2D eigenvalue weighted by Crippen LogP contribution is -2.37. The molecule has 0 atom stereocenters. The maximum Gasteiger partial charge on any atom is 0.328 e. The molecule has 1 aliphatic rings. The zero-order valence-electron chi connectivity index (χ0n) is 20.9. The second-order valence-electron chi connectivity index (χ2n) is 9.51. The van der Waals surface area contributed by atoms with Crippen LogP contribution in [0.25, 0.3) is 17.2 Å². The summed E-state index contributed by atoms with van der Waals surface area (Å²) in [6, 6.07) is 19.8. The Labute approximate surface area is 212 Å². The number of nitrogens with zero attached hydrogens (tertiary/aromatic N) is 3. The molecule has 1 amide bonds. The molecule has 0 aliphatic heterocycles. The van der Waals surface area contributed by atoms with Gasteiger partial charge in [0, 0.05) is 49.2 Å². The fourth-order valence-corrected chi connectivity index (χ4v) is 4.63. The number of hydrogen-bond acceptors (Lipinski definition) is 4. The van der Waals surface area contributed by atoms with Gasteiger partial charge in [0.1, 0.15) is 0 Å². The van der Waals surface area contributed by atoms with E-state index in [1.54, 1.807) is 6.08 Å². The number of pyridine rings is 1. The van der Waals surface area contributed by atoms with Crippen molar-refractivity contribution in [2.75, 3.05) is 23.9 Å². The van der Waals surface area contributed by atoms with Crippen LogP contribution in [-0.2, 0) is 16.1 Å². The van der Waals surface area contributed by atoms with Crippen LogP contribution in [0.2, 0.25) is 0 Å². The largest absolute Gasteiger partial charge is 0.478 e. The molecule has 3 aromatic rings. The van der Waals surface area contributed by atoms with Gasteiger partial charge in [-0.2, -0.15) is 0 Å². The summed E-state index contributed by atoms with van der Waals surface area (Å²) >= 11 is 0. The molecule has 0 saturated heterocycles. The van der Waals surface area contributed by atoms with Crippen molar-refractivity contribution in [2.45, 2.75) is 38.6 Å². The van der Waals surface area contributed by atoms with Crippen molar-refractivity contribution >= 4 is 29.3 Å². The predicted molar refractivity (Wildman–Crippen MR) is 145 cm³/mol. The van der Waals surface area contributed by atoms with Gasteiger partial charge in [-0.05, 0) is 60.4 Å². The summed E-state index contributed by atoms with van der Waals surface area (Å²) in [6.07, 6.45) is 9.65. The van der Waals surface area contributed by atoms with Crippen LogP contribution in [0.15, 0.2) is 72.9 Å². The Morgan fingerprint density at radius 2 is 1.67 bits per heavy atom. The summed E-state index contributed by atoms with van der Waals surface area (Å²) in [5, 5.41) is 8.99. The molecule has 6 nitrogen and oxygen atoms in total. The van der Waals surface area contributed by atoms with E-state index in [0.29, 0.717) is 6.54 Å². The first-order valence-electron chi connectivity index (χ1n) is 12.5. The maximum atomic E-state index is 13.6. The van der Waals surface area contributed by atoms with Crippen LogP contribution >= 0.6 is 0 Å². The number of carboxylic acids is 1. The molecule has 1 N–H and O–H groups in total. The Balaban J connectivity index is 1.58. The van der Waals surface area contributed by atoms with Crippen LogP contribution in [0.5, 0.6) is 0 Å². The SMILES string of the molecule is CN(C)c1ccc(-c2ccc(CN(C(=O)C3CCCCC3)c3cccc(C=CC(=O)O)c3)nc2)cc1. The normalized spacial score (nSPS) is 14.1. The van der Waals surface area contributed by atoms with Gasteiger partial charge in [0.15, 0.2) is 0 Å². The molecule has 1 aromatic heterocycles. The highest BCUT2D eigenvalue weighted by molar-refractivity contribution is 5.95. The molecule has 1 heterocycles. The third-order valence-corrected chi connectivity index (χ3v) is 6.68. The van der Waals surface area contributed by atoms with Gasteiger partial charge >= 0.3 is 5.97 Å². The zero-order chi connectivity index (χ0) is 25.5. The third kappa shape index (κ3) is 6.39. The third-order valence-electron chi connectivity index (χ3n) is 6.68. The fraction of sp³-hybridized carbons (Fsp3) is 0.300. The number of anilines is 2. The lowest BCUT2D eigenvalue weighted by molar-refractivity contribution is -0.131. The van der Waals surface area contributed by atoms with Crippen LogP contribution in [0.1, 0.15) is 43.4 Å². The Kier molecular flexibility index (Phi) is 8.16. The van der Waals surface area contributed by atoms with Gasteiger partial charge in [-0.25, -0.2) is 4.79 Å². The fourth-order valence-electron chi connectivity index (χ4n) is 4.63. The van der Waals surface area contributed by atoms with Gasteiger partial charge in [-0.3, -0.25) is 9.78 Å². The summed E-state index contributed by atoms with van der Waals surface area (Å²) < 4.78 is 0. The number of carbonyl (C=O) groups is 2. The van der Waals surface area contributed by atoms with Gasteiger partial charge in [0.25, 0.3) is 0 Å². The Morgan fingerprint density at radius 3 is 2.31 bits per heavy atom. The molecule has 2 aromatic carbocycles. The molecule has 1 saturated carbocycles. The lowest BCUT2D eigenvalue weighted by Gasteiger charge is -2.29. The van der Waals surface area contributed by atoms with E-state index in [9.17, 15) is 9.59 Å². The molecule has 0 radical (unpaired) electrons. The van der Waals surface area contributed by atoms with Crippen molar-refractivity contribution in [3.8, 4) is 11.1 Å². The van der Waals surface area contributed by atoms with Crippen LogP contribution in [0, 0.1) is 5.92 Å². The molecule has 0 bridgehead atoms. The van der Waals surface area contributed by atoms with E-state index < -0.39 is 5.97 Å². The molecule has 0 unspecified atom stereocenters. The number of carbonyl (C=O) groups excluding carboxylic acids is 1. The highest BCUT2D eigenvalue weighted by atomic mass is 16.4. The van der Waals surface area contributed by atoms with E-state index in [4.69, 9.17) is 10.1 Å². The standard InChI is InChI=1S/C30H33N3O3/c1-32(2)27-16-13-23(14-17-27)25-12-15-26(31-20-25)21-33(30(36)24-8-4-3-5-9-24)28-10-6-7-22(19-28)11-18-29(34)35/h6-7,10-20,24H,3-5,8-9,21H2,1-2H3,(H,34,35). The predicted octanol–water partition coefficient (Wildman–Crippen LogP) is 6.03. The average molecular weight is 484 g/mol. The average Bonchev–Trinajstić information content (AvgIpc) is 2.91. The first kappa shape index (κ1) is 25.2. The number of benzene rings is 2. The summed E-state index contributed by atoms with van der Waals surface area (Å²) in [5.41, 5.74) is 5.55. The summed E-state index contributed by atoms with van der Waals surface area (Å²) in [7, 11) is 4.04. The van der Waals surface area contributed by atoms with Gasteiger partial charge in [0.05, 0.1) is 12.2 Å². The van der Waals surface area contributed by atoms with Gasteiger partial charge in [-0.15, -0.1) is 0 Å². The van der Waals surface area contributed by atoms with E-state index >= 15 is 0 Å². The van der Waals surface area contributed by atoms with Crippen LogP contribution in [0.3, 0.4) is 0 Å². The minimum atomic E-state index is -1.00. The maximum absolute atomic E-state index is 13.6. The van der Waals surface area contributed by atoms with Crippen LogP contribution in [-0.4, -0.2) is 36.1 Å². The van der Waals surface area contributed by atoms with E-state index in [2.05, 4.69) is 29.2 Å². The number of amides is 1. The monoisotopic (exact) mass is 483 g/mol. The van der Waals surface area contributed by atoms with Crippen LogP contribution < -0.4 is 9.80 Å². The first-order valence-corrected chi connectivity index (χ1v) is 12.5. The van der Waals surface area contributed by atoms with Crippen molar-refractivity contribution < 1.29 is 14.7 Å². The Bertz CT molecular complexity index is 1210. The zero-order valence-corrected chi connectivity index (χ0v) is 20.9. The van der Waals surface area contributed by atoms with Crippen molar-refractivity contribution in [1.82, 2.24) is 4.98 Å². The minimum Gasteiger partial charge on any atom is -0.478 e. The molecule has 1 fully saturated rings. The molecule has 4 rings (SSSR count). The number of aromatic nitrogens is 1. The van der Waals surface area contributed by atoms with Crippen molar-refractivity contribution in [3.05, 3.63) is 84.2 Å². The number of aliphatic carboxylic acids is 1. The second kappa shape index (κ2) is 11.7. The number of hydrogen-bond donors (Lipinski definition) is 1. The minimum absolute atomic E-state index is 0.00597. The first-order chi connectivity index (χ1) is 17.4. The van der Waals surface area contributed by atoms with E-state index in [-0.39, 0.29) is 11.8 Å². The number of rotatable bonds is 8. The summed E-state index contributed by atoms with van der Waals surface area (Å²) in [4.78, 5) is 33.2. The van der Waals surface area contributed by atoms with Gasteiger partial charge in [-0.1, -0.05) is 49.6 Å². The van der Waals surface area contributed by atoms with Gasteiger partial charge in [0.2, 0.25) is 5.91 Å². The second-order valence-corrected chi connectivity index (χ2v) is 9.51. The molecule has 6 heteroatoms. The Morgan fingerprint density at radius 1 is 0.944 bits per heavy atom. The topological polar surface area (TPSA) is 73.7 Å². The lowest BCUT2D eigenvalue weighted by atomic mass is 9.88. The number of carboxylic acid groups (broad SMARTS) is 1. The Hall–Kier alpha value is -3.93. The molecule has 1 aliphatic carbocycles. The molecule has 186 valence electrons. The van der Waals surface area contributed by atoms with E-state index in [1.807, 2.05) is 61.6 Å². The van der Waals surface area contributed by atoms with E-state index in [0.717, 1.165) is 65.5 Å². The molecular formula is C30H33N3O3. The molecule has 0 spiro atoms. The van der Waals surface area contributed by atoms with Gasteiger partial charge < -0.3 is 14.9 Å². The van der Waals surface area contributed by atoms with E-state index in [1.165, 1.54) is 6.42 Å². The van der Waals surface area contributed by atoms with Crippen molar-refractivity contribution in [3.63, 3.8) is 0 Å². The molecule has 36 heavy (non-hydrogen) atoms. The summed E-state index contributed by atoms with van der Waals surface area (Å²) in [6.45, 7) is 0.362. The van der Waals surface area contributed by atoms with Crippen molar-refractivity contribution in [1.29, 1.82) is 0 Å². The van der Waals surface area contributed by atoms with Crippen molar-refractivity contribution in [2.24, 2.45) is 5.92 Å². The quantitative estimate of drug-likeness (QED) is 0.396. The highest BCUT2D eigenvalue weighted by Gasteiger charge is 2.27. The summed E-state index contributed by atoms with van der Waals surface area (Å²) in [5.74, 6) is -0.887. The van der Waals surface area contributed by atoms with Crippen LogP contribution in [0.4, 0.5) is 11.4 Å².